The lowest BCUT2D eigenvalue weighted by Crippen LogP contribution is -2.66. The van der Waals surface area contributed by atoms with Gasteiger partial charge in [-0.3, -0.25) is 0 Å². The van der Waals surface area contributed by atoms with Crippen molar-refractivity contribution in [1.82, 2.24) is 0 Å². The van der Waals surface area contributed by atoms with Gasteiger partial charge in [-0.2, -0.15) is 0 Å². The molecule has 0 amide bonds. The Balaban J connectivity index is 2.20. The third kappa shape index (κ3) is 1.01. The van der Waals surface area contributed by atoms with E-state index in [4.69, 9.17) is 14.0 Å². The zero-order chi connectivity index (χ0) is 8.82. The van der Waals surface area contributed by atoms with E-state index in [0.29, 0.717) is 19.8 Å². The van der Waals surface area contributed by atoms with Crippen molar-refractivity contribution in [3.05, 3.63) is 0 Å². The monoisotopic (exact) mass is 171 g/mol. The van der Waals surface area contributed by atoms with E-state index in [1.54, 1.807) is 0 Å². The quantitative estimate of drug-likeness (QED) is 0.526. The number of hydrogen-bond donors (Lipinski definition) is 0. The highest BCUT2D eigenvalue weighted by atomic mass is 16.8. The number of carbonyl (C=O) groups is 1. The van der Waals surface area contributed by atoms with Crippen molar-refractivity contribution in [1.29, 1.82) is 0 Å². The highest BCUT2D eigenvalue weighted by Gasteiger charge is 2.48. The third-order valence-corrected chi connectivity index (χ3v) is 2.45. The second kappa shape index (κ2) is 2.31. The molecule has 3 aliphatic rings. The number of carbonyl (C=O) groups excluding carboxylic acids is 1. The van der Waals surface area contributed by atoms with Gasteiger partial charge in [0.05, 0.1) is 5.68 Å². The molecule has 68 valence electrons. The summed E-state index contributed by atoms with van der Waals surface area (Å²) in [5.74, 6) is 0. The van der Waals surface area contributed by atoms with Crippen LogP contribution in [0.4, 0.5) is 0 Å². The average Bonchev–Trinajstić information content (AvgIpc) is 2.06. The SMILES string of the molecule is CC(=O)[B-]12OCC(C)(CO1)CO2. The fourth-order valence-corrected chi connectivity index (χ4v) is 1.55. The maximum Gasteiger partial charge on any atom is 0.444 e. The molecule has 0 saturated carbocycles. The van der Waals surface area contributed by atoms with E-state index in [1.807, 2.05) is 6.92 Å². The molecule has 3 aliphatic heterocycles. The van der Waals surface area contributed by atoms with E-state index in [1.165, 1.54) is 6.92 Å². The molecule has 3 rings (SSSR count). The van der Waals surface area contributed by atoms with E-state index in [2.05, 4.69) is 0 Å². The minimum atomic E-state index is -2.04. The van der Waals surface area contributed by atoms with Crippen molar-refractivity contribution in [2.45, 2.75) is 13.8 Å². The molecular formula is C7H12BO4-. The van der Waals surface area contributed by atoms with Gasteiger partial charge in [0, 0.05) is 25.2 Å². The maximum atomic E-state index is 11.1. The zero-order valence-corrected chi connectivity index (χ0v) is 7.33. The Bertz CT molecular complexity index is 203. The van der Waals surface area contributed by atoms with Crippen molar-refractivity contribution in [3.63, 3.8) is 0 Å². The summed E-state index contributed by atoms with van der Waals surface area (Å²) in [5, 5.41) is 0. The molecule has 0 aliphatic carbocycles. The van der Waals surface area contributed by atoms with Crippen LogP contribution in [-0.4, -0.2) is 32.3 Å². The predicted molar refractivity (Wildman–Crippen MR) is 42.4 cm³/mol. The van der Waals surface area contributed by atoms with Gasteiger partial charge < -0.3 is 18.8 Å². The second-order valence-electron chi connectivity index (χ2n) is 4.00. The summed E-state index contributed by atoms with van der Waals surface area (Å²) >= 11 is 0. The van der Waals surface area contributed by atoms with Crippen LogP contribution in [0.15, 0.2) is 0 Å². The third-order valence-electron chi connectivity index (χ3n) is 2.45. The molecule has 0 unspecified atom stereocenters. The summed E-state index contributed by atoms with van der Waals surface area (Å²) in [7, 11) is 0. The largest absolute Gasteiger partial charge is 0.538 e. The first-order chi connectivity index (χ1) is 5.56. The minimum absolute atomic E-state index is 0.0566. The van der Waals surface area contributed by atoms with Crippen LogP contribution in [0.5, 0.6) is 0 Å². The van der Waals surface area contributed by atoms with Crippen LogP contribution in [0.1, 0.15) is 13.8 Å². The van der Waals surface area contributed by atoms with Crippen LogP contribution in [0.2, 0.25) is 0 Å². The fourth-order valence-electron chi connectivity index (χ4n) is 1.55. The van der Waals surface area contributed by atoms with Gasteiger partial charge in [-0.25, -0.2) is 0 Å². The first-order valence-corrected chi connectivity index (χ1v) is 4.13. The molecule has 3 fully saturated rings. The number of fused-ring (bicyclic) bond motifs is 3. The summed E-state index contributed by atoms with van der Waals surface area (Å²) in [6, 6.07) is 0. The van der Waals surface area contributed by atoms with Gasteiger partial charge in [-0.1, -0.05) is 6.92 Å². The normalized spacial score (nSPS) is 46.2. The van der Waals surface area contributed by atoms with Gasteiger partial charge in [0.25, 0.3) is 0 Å². The second-order valence-corrected chi connectivity index (χ2v) is 4.00. The smallest absolute Gasteiger partial charge is 0.444 e. The van der Waals surface area contributed by atoms with Crippen LogP contribution in [0.25, 0.3) is 0 Å². The van der Waals surface area contributed by atoms with E-state index in [0.717, 1.165) is 0 Å². The topological polar surface area (TPSA) is 44.8 Å². The van der Waals surface area contributed by atoms with Gasteiger partial charge in [-0.15, -0.1) is 0 Å². The van der Waals surface area contributed by atoms with Crippen LogP contribution >= 0.6 is 0 Å². The number of rotatable bonds is 1. The Hall–Kier alpha value is -0.385. The Morgan fingerprint density at radius 2 is 1.67 bits per heavy atom. The fraction of sp³-hybridized carbons (Fsp3) is 0.857. The van der Waals surface area contributed by atoms with Crippen molar-refractivity contribution in [2.75, 3.05) is 19.8 Å². The summed E-state index contributed by atoms with van der Waals surface area (Å²) in [6.45, 7) is 3.10. The molecule has 0 radical (unpaired) electrons. The molecule has 0 spiro atoms. The van der Waals surface area contributed by atoms with Crippen LogP contribution in [0, 0.1) is 5.41 Å². The van der Waals surface area contributed by atoms with Crippen LogP contribution < -0.4 is 0 Å². The summed E-state index contributed by atoms with van der Waals surface area (Å²) in [5.41, 5.74) is -0.212. The first kappa shape index (κ1) is 8.22. The lowest BCUT2D eigenvalue weighted by atomic mass is 9.67. The highest BCUT2D eigenvalue weighted by Crippen LogP contribution is 2.35. The molecule has 4 nitrogen and oxygen atoms in total. The standard InChI is InChI=1S/C7H12BO4/c1-6(9)8-10-3-7(2,4-11-8)5-12-8/h3-5H2,1-2H3/q-1. The maximum absolute atomic E-state index is 11.1. The summed E-state index contributed by atoms with van der Waals surface area (Å²) in [6.07, 6.45) is 0. The van der Waals surface area contributed by atoms with Crippen molar-refractivity contribution in [2.24, 2.45) is 5.41 Å². The molecule has 0 aromatic carbocycles. The van der Waals surface area contributed by atoms with E-state index < -0.39 is 6.75 Å². The van der Waals surface area contributed by atoms with Crippen molar-refractivity contribution >= 4 is 12.4 Å². The molecule has 0 aromatic rings. The first-order valence-electron chi connectivity index (χ1n) is 4.13. The molecule has 0 atom stereocenters. The van der Waals surface area contributed by atoms with Crippen LogP contribution in [-0.2, 0) is 18.8 Å². The Morgan fingerprint density at radius 1 is 1.25 bits per heavy atom. The summed E-state index contributed by atoms with van der Waals surface area (Å²) < 4.78 is 15.9. The minimum Gasteiger partial charge on any atom is -0.538 e. The van der Waals surface area contributed by atoms with Gasteiger partial charge in [0.15, 0.2) is 0 Å². The van der Waals surface area contributed by atoms with Crippen molar-refractivity contribution in [3.8, 4) is 0 Å². The van der Waals surface area contributed by atoms with Crippen LogP contribution in [0.3, 0.4) is 0 Å². The predicted octanol–water partition coefficient (Wildman–Crippen LogP) is 0.137. The van der Waals surface area contributed by atoms with Crippen molar-refractivity contribution < 1.29 is 18.8 Å². The highest BCUT2D eigenvalue weighted by molar-refractivity contribution is 6.92. The molecule has 0 N–H and O–H groups in total. The lowest BCUT2D eigenvalue weighted by Gasteiger charge is -2.56. The molecular weight excluding hydrogens is 159 g/mol. The molecule has 12 heavy (non-hydrogen) atoms. The zero-order valence-electron chi connectivity index (χ0n) is 7.33. The molecule has 0 aromatic heterocycles. The van der Waals surface area contributed by atoms with Gasteiger partial charge in [0.2, 0.25) is 0 Å². The number of hydrogen-bond acceptors (Lipinski definition) is 4. The van der Waals surface area contributed by atoms with E-state index >= 15 is 0 Å². The summed E-state index contributed by atoms with van der Waals surface area (Å²) in [4.78, 5) is 11.1. The Kier molecular flexibility index (Phi) is 1.58. The molecule has 2 bridgehead atoms. The van der Waals surface area contributed by atoms with E-state index in [-0.39, 0.29) is 11.1 Å². The lowest BCUT2D eigenvalue weighted by molar-refractivity contribution is -0.146. The average molecular weight is 171 g/mol. The van der Waals surface area contributed by atoms with Gasteiger partial charge in [-0.05, 0) is 6.92 Å². The Labute approximate surface area is 71.2 Å². The van der Waals surface area contributed by atoms with E-state index in [9.17, 15) is 4.79 Å². The molecule has 3 heterocycles. The molecule has 3 saturated heterocycles. The van der Waals surface area contributed by atoms with Gasteiger partial charge >= 0.3 is 6.75 Å². The molecule has 5 heteroatoms. The van der Waals surface area contributed by atoms with Gasteiger partial charge in [0.1, 0.15) is 0 Å². The Morgan fingerprint density at radius 3 is 2.00 bits per heavy atom.